The number of hydrogen-bond acceptors (Lipinski definition) is 1. The molecule has 0 rings (SSSR count). The highest BCUT2D eigenvalue weighted by Crippen LogP contribution is 2.18. The van der Waals surface area contributed by atoms with Gasteiger partial charge in [0.25, 0.3) is 0 Å². The third-order valence-corrected chi connectivity index (χ3v) is 0.987. The summed E-state index contributed by atoms with van der Waals surface area (Å²) < 4.78 is 37.1. The largest absolute Gasteiger partial charge is 0.522 e. The summed E-state index contributed by atoms with van der Waals surface area (Å²) in [6.07, 6.45) is -5.53. The van der Waals surface area contributed by atoms with E-state index in [1.807, 2.05) is 0 Å². The van der Waals surface area contributed by atoms with E-state index in [1.54, 1.807) is 0 Å². The molecule has 1 atom stereocenters. The molecule has 0 fully saturated rings. The minimum absolute atomic E-state index is 0.153. The summed E-state index contributed by atoms with van der Waals surface area (Å²) in [5.74, 6) is -0.153. The molecule has 0 aliphatic carbocycles. The fourth-order valence-electron chi connectivity index (χ4n) is 0.260. The Hall–Kier alpha value is 0.0400. The van der Waals surface area contributed by atoms with Crippen LogP contribution < -0.4 is 0 Å². The zero-order valence-corrected chi connectivity index (χ0v) is 5.46. The normalized spacial score (nSPS) is 15.7. The van der Waals surface area contributed by atoms with Crippen molar-refractivity contribution in [2.45, 2.75) is 19.4 Å². The van der Waals surface area contributed by atoms with E-state index >= 15 is 0 Å². The van der Waals surface area contributed by atoms with Gasteiger partial charge in [-0.05, 0) is 6.92 Å². The van der Waals surface area contributed by atoms with Gasteiger partial charge in [-0.2, -0.15) is 0 Å². The number of alkyl halides is 4. The summed E-state index contributed by atoms with van der Waals surface area (Å²) in [5, 5.41) is 0. The van der Waals surface area contributed by atoms with Crippen LogP contribution in [0.4, 0.5) is 13.2 Å². The summed E-state index contributed by atoms with van der Waals surface area (Å²) in [7, 11) is 0. The quantitative estimate of drug-likeness (QED) is 0.566. The van der Waals surface area contributed by atoms with Crippen molar-refractivity contribution in [2.24, 2.45) is 0 Å². The molecule has 56 valence electrons. The molecule has 0 saturated carbocycles. The Kier molecular flexibility index (Phi) is 3.28. The van der Waals surface area contributed by atoms with Crippen LogP contribution in [0.2, 0.25) is 0 Å². The molecular formula is C4H6ClF3O. The second-order valence-corrected chi connectivity index (χ2v) is 1.84. The molecular weight excluding hydrogens is 156 g/mol. The predicted molar refractivity (Wildman–Crippen MR) is 27.3 cm³/mol. The Morgan fingerprint density at radius 2 is 2.00 bits per heavy atom. The van der Waals surface area contributed by atoms with Crippen LogP contribution in [0.3, 0.4) is 0 Å². The lowest BCUT2D eigenvalue weighted by Gasteiger charge is -2.11. The van der Waals surface area contributed by atoms with Crippen LogP contribution >= 0.6 is 11.6 Å². The van der Waals surface area contributed by atoms with Gasteiger partial charge in [0.05, 0.1) is 6.10 Å². The zero-order chi connectivity index (χ0) is 7.49. The molecule has 1 unspecified atom stereocenters. The van der Waals surface area contributed by atoms with Gasteiger partial charge in [0.1, 0.15) is 0 Å². The minimum Gasteiger partial charge on any atom is -0.288 e. The lowest BCUT2D eigenvalue weighted by molar-refractivity contribution is -0.337. The van der Waals surface area contributed by atoms with E-state index in [9.17, 15) is 13.2 Å². The topological polar surface area (TPSA) is 9.23 Å². The van der Waals surface area contributed by atoms with Crippen molar-refractivity contribution < 1.29 is 17.9 Å². The van der Waals surface area contributed by atoms with Crippen LogP contribution in [0.15, 0.2) is 0 Å². The van der Waals surface area contributed by atoms with Crippen LogP contribution in [0, 0.1) is 0 Å². The van der Waals surface area contributed by atoms with Crippen molar-refractivity contribution in [1.82, 2.24) is 0 Å². The van der Waals surface area contributed by atoms with Gasteiger partial charge in [-0.3, -0.25) is 4.74 Å². The molecule has 0 aliphatic rings. The van der Waals surface area contributed by atoms with Crippen LogP contribution in [0.1, 0.15) is 6.92 Å². The first kappa shape index (κ1) is 9.04. The summed E-state index contributed by atoms with van der Waals surface area (Å²) in [5.41, 5.74) is 0. The molecule has 0 amide bonds. The summed E-state index contributed by atoms with van der Waals surface area (Å²) in [6, 6.07) is 0. The number of halogens is 4. The standard InChI is InChI=1S/C4H6ClF3O/c1-3(2-5)9-4(6,7)8/h3H,2H2,1H3. The first-order valence-corrected chi connectivity index (χ1v) is 2.79. The summed E-state index contributed by atoms with van der Waals surface area (Å²) >= 11 is 5.03. The van der Waals surface area contributed by atoms with Crippen molar-refractivity contribution >= 4 is 11.6 Å². The van der Waals surface area contributed by atoms with Crippen LogP contribution in [0.25, 0.3) is 0 Å². The first-order valence-electron chi connectivity index (χ1n) is 2.26. The zero-order valence-electron chi connectivity index (χ0n) is 4.70. The third kappa shape index (κ3) is 5.92. The number of ether oxygens (including phenoxy) is 1. The Bertz CT molecular complexity index is 82.4. The molecule has 5 heteroatoms. The van der Waals surface area contributed by atoms with Crippen molar-refractivity contribution in [2.75, 3.05) is 5.88 Å². The Morgan fingerprint density at radius 3 is 2.11 bits per heavy atom. The minimum atomic E-state index is -4.56. The highest BCUT2D eigenvalue weighted by Gasteiger charge is 2.31. The fourth-order valence-corrected chi connectivity index (χ4v) is 0.323. The smallest absolute Gasteiger partial charge is 0.288 e. The van der Waals surface area contributed by atoms with Gasteiger partial charge in [0.2, 0.25) is 0 Å². The van der Waals surface area contributed by atoms with Crippen molar-refractivity contribution in [3.63, 3.8) is 0 Å². The molecule has 0 N–H and O–H groups in total. The molecule has 0 aromatic rings. The van der Waals surface area contributed by atoms with E-state index in [0.717, 1.165) is 0 Å². The lowest BCUT2D eigenvalue weighted by atomic mass is 10.5. The van der Waals surface area contributed by atoms with Gasteiger partial charge in [0.15, 0.2) is 0 Å². The van der Waals surface area contributed by atoms with E-state index in [2.05, 4.69) is 4.74 Å². The molecule has 0 spiro atoms. The maximum absolute atomic E-state index is 11.2. The fraction of sp³-hybridized carbons (Fsp3) is 1.00. The average Bonchev–Trinajstić information content (AvgIpc) is 1.62. The van der Waals surface area contributed by atoms with Gasteiger partial charge in [-0.25, -0.2) is 0 Å². The summed E-state index contributed by atoms with van der Waals surface area (Å²) in [6.45, 7) is 1.25. The lowest BCUT2D eigenvalue weighted by Crippen LogP contribution is -2.22. The van der Waals surface area contributed by atoms with Gasteiger partial charge >= 0.3 is 6.36 Å². The van der Waals surface area contributed by atoms with E-state index in [-0.39, 0.29) is 5.88 Å². The van der Waals surface area contributed by atoms with Crippen molar-refractivity contribution in [3.05, 3.63) is 0 Å². The van der Waals surface area contributed by atoms with Crippen LogP contribution in [0.5, 0.6) is 0 Å². The monoisotopic (exact) mass is 162 g/mol. The van der Waals surface area contributed by atoms with Gasteiger partial charge in [-0.1, -0.05) is 0 Å². The predicted octanol–water partition coefficient (Wildman–Crippen LogP) is 2.15. The molecule has 1 nitrogen and oxygen atoms in total. The Morgan fingerprint density at radius 1 is 1.56 bits per heavy atom. The molecule has 9 heavy (non-hydrogen) atoms. The maximum atomic E-state index is 11.2. The van der Waals surface area contributed by atoms with E-state index in [0.29, 0.717) is 0 Å². The molecule has 0 saturated heterocycles. The van der Waals surface area contributed by atoms with E-state index in [1.165, 1.54) is 6.92 Å². The van der Waals surface area contributed by atoms with Gasteiger partial charge in [-0.15, -0.1) is 24.8 Å². The molecule has 0 radical (unpaired) electrons. The second kappa shape index (κ2) is 3.27. The molecule has 0 aromatic heterocycles. The van der Waals surface area contributed by atoms with E-state index < -0.39 is 12.5 Å². The highest BCUT2D eigenvalue weighted by molar-refractivity contribution is 6.18. The average molecular weight is 163 g/mol. The van der Waals surface area contributed by atoms with Crippen LogP contribution in [-0.2, 0) is 4.74 Å². The molecule has 0 aromatic carbocycles. The molecule has 0 heterocycles. The number of rotatable bonds is 2. The second-order valence-electron chi connectivity index (χ2n) is 1.53. The molecule has 0 bridgehead atoms. The summed E-state index contributed by atoms with van der Waals surface area (Å²) in [4.78, 5) is 0. The maximum Gasteiger partial charge on any atom is 0.522 e. The number of hydrogen-bond donors (Lipinski definition) is 0. The third-order valence-electron chi connectivity index (χ3n) is 0.552. The first-order chi connectivity index (χ1) is 3.95. The van der Waals surface area contributed by atoms with Gasteiger partial charge < -0.3 is 0 Å². The van der Waals surface area contributed by atoms with Crippen molar-refractivity contribution in [3.8, 4) is 0 Å². The Balaban J connectivity index is 3.47. The highest BCUT2D eigenvalue weighted by atomic mass is 35.5. The molecule has 0 aliphatic heterocycles. The van der Waals surface area contributed by atoms with E-state index in [4.69, 9.17) is 11.6 Å². The Labute approximate surface area is 55.7 Å². The van der Waals surface area contributed by atoms with Crippen LogP contribution in [-0.4, -0.2) is 18.3 Å². The SMILES string of the molecule is CC(CCl)OC(F)(F)F. The van der Waals surface area contributed by atoms with Crippen molar-refractivity contribution in [1.29, 1.82) is 0 Å². The van der Waals surface area contributed by atoms with Gasteiger partial charge in [0, 0.05) is 5.88 Å².